The maximum atomic E-state index is 13.3. The number of halogens is 4. The van der Waals surface area contributed by atoms with E-state index in [0.717, 1.165) is 18.2 Å². The Morgan fingerprint density at radius 3 is 2.48 bits per heavy atom. The zero-order valence-electron chi connectivity index (χ0n) is 10.6. The van der Waals surface area contributed by atoms with Gasteiger partial charge in [0.1, 0.15) is 10.8 Å². The van der Waals surface area contributed by atoms with E-state index in [-0.39, 0.29) is 16.2 Å². The molecular formula is C11H12F4N2O2S2. The van der Waals surface area contributed by atoms with Crippen molar-refractivity contribution in [3.05, 3.63) is 29.6 Å². The molecule has 0 amide bonds. The molecule has 0 aliphatic carbocycles. The number of nitrogens with one attached hydrogen (secondary N) is 1. The SMILES string of the molecule is NC(=S)c1cc(NS(=O)(=O)CCCC(F)(F)F)ccc1F. The summed E-state index contributed by atoms with van der Waals surface area (Å²) in [6.07, 6.45) is -6.18. The fraction of sp³-hybridized carbons (Fsp3) is 0.364. The van der Waals surface area contributed by atoms with E-state index in [9.17, 15) is 26.0 Å². The molecule has 0 saturated carbocycles. The minimum absolute atomic E-state index is 0.0220. The summed E-state index contributed by atoms with van der Waals surface area (Å²) in [5.74, 6) is -1.42. The molecule has 0 aromatic heterocycles. The van der Waals surface area contributed by atoms with E-state index in [2.05, 4.69) is 16.9 Å². The minimum Gasteiger partial charge on any atom is -0.389 e. The van der Waals surface area contributed by atoms with Crippen molar-refractivity contribution in [3.63, 3.8) is 0 Å². The average molecular weight is 344 g/mol. The molecule has 118 valence electrons. The lowest BCUT2D eigenvalue weighted by Gasteiger charge is -2.10. The molecule has 4 nitrogen and oxygen atoms in total. The van der Waals surface area contributed by atoms with Crippen molar-refractivity contribution in [1.82, 2.24) is 0 Å². The molecular weight excluding hydrogens is 332 g/mol. The number of hydrogen-bond donors (Lipinski definition) is 2. The van der Waals surface area contributed by atoms with Crippen LogP contribution >= 0.6 is 12.2 Å². The van der Waals surface area contributed by atoms with Crippen molar-refractivity contribution in [2.24, 2.45) is 5.73 Å². The van der Waals surface area contributed by atoms with Crippen LogP contribution in [0.5, 0.6) is 0 Å². The van der Waals surface area contributed by atoms with Crippen molar-refractivity contribution >= 4 is 32.9 Å². The number of sulfonamides is 1. The summed E-state index contributed by atoms with van der Waals surface area (Å²) >= 11 is 4.60. The highest BCUT2D eigenvalue weighted by Gasteiger charge is 2.27. The highest BCUT2D eigenvalue weighted by molar-refractivity contribution is 7.92. The second kappa shape index (κ2) is 6.56. The number of anilines is 1. The predicted octanol–water partition coefficient (Wildman–Crippen LogP) is 2.54. The first-order chi connectivity index (χ1) is 9.50. The summed E-state index contributed by atoms with van der Waals surface area (Å²) in [5.41, 5.74) is 5.09. The maximum Gasteiger partial charge on any atom is 0.389 e. The van der Waals surface area contributed by atoms with Crippen LogP contribution in [0.2, 0.25) is 0 Å². The summed E-state index contributed by atoms with van der Waals surface area (Å²) in [7, 11) is -3.97. The Bertz CT molecular complexity index is 630. The largest absolute Gasteiger partial charge is 0.389 e. The fourth-order valence-electron chi connectivity index (χ4n) is 1.47. The van der Waals surface area contributed by atoms with E-state index in [1.54, 1.807) is 0 Å². The third kappa shape index (κ3) is 6.25. The Morgan fingerprint density at radius 1 is 1.33 bits per heavy atom. The molecule has 0 aliphatic heterocycles. The molecule has 0 radical (unpaired) electrons. The van der Waals surface area contributed by atoms with Gasteiger partial charge in [0.25, 0.3) is 0 Å². The van der Waals surface area contributed by atoms with Crippen LogP contribution in [0, 0.1) is 5.82 Å². The second-order valence-electron chi connectivity index (χ2n) is 4.20. The van der Waals surface area contributed by atoms with Crippen LogP contribution in [0.3, 0.4) is 0 Å². The lowest BCUT2D eigenvalue weighted by atomic mass is 10.2. The Kier molecular flexibility index (Phi) is 5.51. The lowest BCUT2D eigenvalue weighted by Crippen LogP contribution is -2.19. The quantitative estimate of drug-likeness (QED) is 0.614. The highest BCUT2D eigenvalue weighted by atomic mass is 32.2. The number of rotatable bonds is 6. The maximum absolute atomic E-state index is 13.3. The summed E-state index contributed by atoms with van der Waals surface area (Å²) in [4.78, 5) is -0.259. The molecule has 0 atom stereocenters. The van der Waals surface area contributed by atoms with Crippen LogP contribution in [0.25, 0.3) is 0 Å². The third-order valence-corrected chi connectivity index (χ3v) is 3.97. The predicted molar refractivity (Wildman–Crippen MR) is 75.0 cm³/mol. The standard InChI is InChI=1S/C11H12F4N2O2S2/c12-9-3-2-7(6-8(9)10(16)20)17-21(18,19)5-1-4-11(13,14)15/h2-3,6,17H,1,4-5H2,(H2,16,20). The van der Waals surface area contributed by atoms with Gasteiger partial charge >= 0.3 is 6.18 Å². The van der Waals surface area contributed by atoms with Gasteiger partial charge in [-0.05, 0) is 24.6 Å². The van der Waals surface area contributed by atoms with E-state index >= 15 is 0 Å². The van der Waals surface area contributed by atoms with E-state index < -0.39 is 40.6 Å². The van der Waals surface area contributed by atoms with Gasteiger partial charge in [-0.25, -0.2) is 12.8 Å². The van der Waals surface area contributed by atoms with Gasteiger partial charge < -0.3 is 5.73 Å². The Labute approximate surface area is 124 Å². The van der Waals surface area contributed by atoms with Crippen molar-refractivity contribution in [1.29, 1.82) is 0 Å². The highest BCUT2D eigenvalue weighted by Crippen LogP contribution is 2.22. The summed E-state index contributed by atoms with van der Waals surface area (Å²) in [6, 6.07) is 3.17. The number of benzene rings is 1. The first kappa shape index (κ1) is 17.6. The number of nitrogens with two attached hydrogens (primary N) is 1. The molecule has 0 unspecified atom stereocenters. The third-order valence-electron chi connectivity index (χ3n) is 2.38. The molecule has 1 aromatic carbocycles. The molecule has 0 bridgehead atoms. The average Bonchev–Trinajstić information content (AvgIpc) is 2.28. The van der Waals surface area contributed by atoms with E-state index in [1.165, 1.54) is 0 Å². The van der Waals surface area contributed by atoms with Crippen LogP contribution in [-0.2, 0) is 10.0 Å². The molecule has 0 heterocycles. The zero-order valence-corrected chi connectivity index (χ0v) is 12.2. The van der Waals surface area contributed by atoms with Gasteiger partial charge in [0.2, 0.25) is 10.0 Å². The molecule has 10 heteroatoms. The topological polar surface area (TPSA) is 72.2 Å². The van der Waals surface area contributed by atoms with E-state index in [4.69, 9.17) is 5.73 Å². The van der Waals surface area contributed by atoms with Gasteiger partial charge in [-0.15, -0.1) is 0 Å². The lowest BCUT2D eigenvalue weighted by molar-refractivity contribution is -0.134. The monoisotopic (exact) mass is 344 g/mol. The molecule has 0 fully saturated rings. The minimum atomic E-state index is -4.41. The van der Waals surface area contributed by atoms with E-state index in [0.29, 0.717) is 0 Å². The van der Waals surface area contributed by atoms with Crippen LogP contribution in [0.15, 0.2) is 18.2 Å². The van der Waals surface area contributed by atoms with Crippen molar-refractivity contribution in [2.45, 2.75) is 19.0 Å². The second-order valence-corrected chi connectivity index (χ2v) is 6.48. The smallest absolute Gasteiger partial charge is 0.389 e. The molecule has 1 aromatic rings. The normalized spacial score (nSPS) is 12.2. The van der Waals surface area contributed by atoms with Crippen molar-refractivity contribution < 1.29 is 26.0 Å². The molecule has 0 spiro atoms. The van der Waals surface area contributed by atoms with Gasteiger partial charge in [0, 0.05) is 17.7 Å². The fourth-order valence-corrected chi connectivity index (χ4v) is 2.74. The molecule has 0 aliphatic rings. The molecule has 21 heavy (non-hydrogen) atoms. The summed E-state index contributed by atoms with van der Waals surface area (Å²) < 4.78 is 74.5. The van der Waals surface area contributed by atoms with E-state index in [1.807, 2.05) is 0 Å². The molecule has 3 N–H and O–H groups in total. The van der Waals surface area contributed by atoms with Crippen LogP contribution in [-0.4, -0.2) is 25.3 Å². The summed E-state index contributed by atoms with van der Waals surface area (Å²) in [6.45, 7) is 0. The Hall–Kier alpha value is -1.42. The van der Waals surface area contributed by atoms with Gasteiger partial charge in [-0.3, -0.25) is 4.72 Å². The number of thiocarbonyl (C=S) groups is 1. The van der Waals surface area contributed by atoms with Crippen LogP contribution in [0.1, 0.15) is 18.4 Å². The Morgan fingerprint density at radius 2 is 1.95 bits per heavy atom. The number of alkyl halides is 3. The van der Waals surface area contributed by atoms with Gasteiger partial charge in [0.15, 0.2) is 0 Å². The van der Waals surface area contributed by atoms with Gasteiger partial charge in [-0.1, -0.05) is 12.2 Å². The van der Waals surface area contributed by atoms with Crippen molar-refractivity contribution in [3.8, 4) is 0 Å². The molecule has 0 saturated heterocycles. The molecule has 1 rings (SSSR count). The van der Waals surface area contributed by atoms with Crippen molar-refractivity contribution in [2.75, 3.05) is 10.5 Å². The first-order valence-corrected chi connectivity index (χ1v) is 7.73. The van der Waals surface area contributed by atoms with Crippen LogP contribution < -0.4 is 10.5 Å². The number of hydrogen-bond acceptors (Lipinski definition) is 3. The summed E-state index contributed by atoms with van der Waals surface area (Å²) in [5, 5.41) is 0. The van der Waals surface area contributed by atoms with Gasteiger partial charge in [-0.2, -0.15) is 13.2 Å². The zero-order chi connectivity index (χ0) is 16.3. The van der Waals surface area contributed by atoms with Gasteiger partial charge in [0.05, 0.1) is 5.75 Å². The van der Waals surface area contributed by atoms with Crippen LogP contribution in [0.4, 0.5) is 23.2 Å². The first-order valence-electron chi connectivity index (χ1n) is 5.67. The Balaban J connectivity index is 2.76.